The number of rotatable bonds is 3. The van der Waals surface area contributed by atoms with Crippen molar-refractivity contribution in [1.29, 1.82) is 0 Å². The molecule has 1 N–H and O–H groups in total. The second-order valence-electron chi connectivity index (χ2n) is 4.71. The molecule has 0 aliphatic carbocycles. The van der Waals surface area contributed by atoms with E-state index in [2.05, 4.69) is 34.1 Å². The van der Waals surface area contributed by atoms with Crippen molar-refractivity contribution >= 4 is 5.82 Å². The van der Waals surface area contributed by atoms with Crippen LogP contribution in [0.2, 0.25) is 0 Å². The van der Waals surface area contributed by atoms with Gasteiger partial charge in [0.25, 0.3) is 0 Å². The Bertz CT molecular complexity index is 354. The first kappa shape index (κ1) is 12.3. The molecule has 1 saturated heterocycles. The fourth-order valence-electron chi connectivity index (χ4n) is 2.27. The summed E-state index contributed by atoms with van der Waals surface area (Å²) in [4.78, 5) is 4.53. The molecule has 1 aliphatic rings. The predicted octanol–water partition coefficient (Wildman–Crippen LogP) is 0.499. The largest absolute Gasteiger partial charge is 0.390 e. The fraction of sp³-hybridized carbons (Fsp3) is 0.667. The molecular formula is C12H20N4O. The van der Waals surface area contributed by atoms with Crippen LogP contribution in [0, 0.1) is 0 Å². The Labute approximate surface area is 102 Å². The molecule has 1 aromatic rings. The van der Waals surface area contributed by atoms with Gasteiger partial charge in [-0.2, -0.15) is 5.10 Å². The molecule has 1 aliphatic heterocycles. The Hall–Kier alpha value is -1.20. The third kappa shape index (κ3) is 2.92. The van der Waals surface area contributed by atoms with Gasteiger partial charge in [-0.05, 0) is 38.6 Å². The van der Waals surface area contributed by atoms with Gasteiger partial charge in [-0.15, -0.1) is 5.10 Å². The summed E-state index contributed by atoms with van der Waals surface area (Å²) in [6.45, 7) is 2.20. The minimum absolute atomic E-state index is 0.0524. The van der Waals surface area contributed by atoms with E-state index in [4.69, 9.17) is 5.11 Å². The minimum atomic E-state index is -0.0524. The van der Waals surface area contributed by atoms with E-state index in [9.17, 15) is 0 Å². The third-order valence-corrected chi connectivity index (χ3v) is 3.38. The average molecular weight is 236 g/mol. The zero-order chi connectivity index (χ0) is 12.3. The van der Waals surface area contributed by atoms with Crippen LogP contribution in [0.15, 0.2) is 12.1 Å². The van der Waals surface area contributed by atoms with Crippen LogP contribution in [0.1, 0.15) is 18.5 Å². The van der Waals surface area contributed by atoms with Gasteiger partial charge in [-0.3, -0.25) is 0 Å². The van der Waals surface area contributed by atoms with E-state index in [-0.39, 0.29) is 6.61 Å². The fourth-order valence-corrected chi connectivity index (χ4v) is 2.27. The standard InChI is InChI=1S/C12H20N4O/c1-15-7-3-4-11(8-15)16(2)12-6-5-10(9-17)13-14-12/h5-6,11,17H,3-4,7-9H2,1-2H3. The maximum absolute atomic E-state index is 8.93. The van der Waals surface area contributed by atoms with Crippen LogP contribution < -0.4 is 4.90 Å². The lowest BCUT2D eigenvalue weighted by Crippen LogP contribution is -2.45. The average Bonchev–Trinajstić information content (AvgIpc) is 2.38. The third-order valence-electron chi connectivity index (χ3n) is 3.38. The Morgan fingerprint density at radius 1 is 1.47 bits per heavy atom. The van der Waals surface area contributed by atoms with Crippen molar-refractivity contribution in [2.45, 2.75) is 25.5 Å². The SMILES string of the molecule is CN1CCCC(N(C)c2ccc(CO)nn2)C1. The van der Waals surface area contributed by atoms with Crippen molar-refractivity contribution < 1.29 is 5.11 Å². The van der Waals surface area contributed by atoms with Gasteiger partial charge in [0.2, 0.25) is 0 Å². The number of nitrogens with zero attached hydrogens (tertiary/aromatic N) is 4. The van der Waals surface area contributed by atoms with Crippen LogP contribution in [0.3, 0.4) is 0 Å². The van der Waals surface area contributed by atoms with Crippen molar-refractivity contribution in [3.05, 3.63) is 17.8 Å². The molecule has 5 nitrogen and oxygen atoms in total. The van der Waals surface area contributed by atoms with Gasteiger partial charge in [0.05, 0.1) is 12.3 Å². The number of anilines is 1. The Morgan fingerprint density at radius 2 is 2.29 bits per heavy atom. The van der Waals surface area contributed by atoms with E-state index >= 15 is 0 Å². The van der Waals surface area contributed by atoms with E-state index in [1.165, 1.54) is 19.4 Å². The van der Waals surface area contributed by atoms with E-state index < -0.39 is 0 Å². The van der Waals surface area contributed by atoms with Crippen LogP contribution in [0.25, 0.3) is 0 Å². The molecule has 0 amide bonds. The van der Waals surface area contributed by atoms with Gasteiger partial charge >= 0.3 is 0 Å². The molecule has 1 aromatic heterocycles. The highest BCUT2D eigenvalue weighted by atomic mass is 16.3. The second kappa shape index (κ2) is 5.42. The highest BCUT2D eigenvalue weighted by Crippen LogP contribution is 2.18. The van der Waals surface area contributed by atoms with Gasteiger partial charge in [0.1, 0.15) is 0 Å². The summed E-state index contributed by atoms with van der Waals surface area (Å²) < 4.78 is 0. The number of aromatic nitrogens is 2. The van der Waals surface area contributed by atoms with E-state index in [0.717, 1.165) is 12.4 Å². The summed E-state index contributed by atoms with van der Waals surface area (Å²) in [7, 11) is 4.22. The molecular weight excluding hydrogens is 216 g/mol. The summed E-state index contributed by atoms with van der Waals surface area (Å²) in [6.07, 6.45) is 2.43. The lowest BCUT2D eigenvalue weighted by Gasteiger charge is -2.36. The maximum atomic E-state index is 8.93. The molecule has 1 fully saturated rings. The van der Waals surface area contributed by atoms with Crippen molar-refractivity contribution in [3.8, 4) is 0 Å². The van der Waals surface area contributed by atoms with Gasteiger partial charge in [0.15, 0.2) is 5.82 Å². The van der Waals surface area contributed by atoms with Crippen LogP contribution in [0.4, 0.5) is 5.82 Å². The van der Waals surface area contributed by atoms with E-state index in [1.807, 2.05) is 12.1 Å². The molecule has 0 bridgehead atoms. The Kier molecular flexibility index (Phi) is 3.91. The quantitative estimate of drug-likeness (QED) is 0.828. The smallest absolute Gasteiger partial charge is 0.151 e. The van der Waals surface area contributed by atoms with Gasteiger partial charge in [-0.25, -0.2) is 0 Å². The lowest BCUT2D eigenvalue weighted by atomic mass is 10.1. The van der Waals surface area contributed by atoms with Crippen molar-refractivity contribution in [1.82, 2.24) is 15.1 Å². The van der Waals surface area contributed by atoms with Gasteiger partial charge in [-0.1, -0.05) is 0 Å². The second-order valence-corrected chi connectivity index (χ2v) is 4.71. The number of hydrogen-bond acceptors (Lipinski definition) is 5. The summed E-state index contributed by atoms with van der Waals surface area (Å²) in [5, 5.41) is 17.1. The van der Waals surface area contributed by atoms with E-state index in [1.54, 1.807) is 0 Å². The van der Waals surface area contributed by atoms with Crippen molar-refractivity contribution in [2.75, 3.05) is 32.1 Å². The highest BCUT2D eigenvalue weighted by molar-refractivity contribution is 5.37. The topological polar surface area (TPSA) is 52.5 Å². The van der Waals surface area contributed by atoms with Crippen LogP contribution in [0.5, 0.6) is 0 Å². The Morgan fingerprint density at radius 3 is 2.88 bits per heavy atom. The summed E-state index contributed by atoms with van der Waals surface area (Å²) in [5.41, 5.74) is 0.614. The predicted molar refractivity (Wildman–Crippen MR) is 66.9 cm³/mol. The number of aliphatic hydroxyl groups is 1. The molecule has 1 unspecified atom stereocenters. The lowest BCUT2D eigenvalue weighted by molar-refractivity contribution is 0.247. The first-order valence-electron chi connectivity index (χ1n) is 6.05. The molecule has 1 atom stereocenters. The van der Waals surface area contributed by atoms with Gasteiger partial charge < -0.3 is 14.9 Å². The molecule has 0 radical (unpaired) electrons. The zero-order valence-electron chi connectivity index (χ0n) is 10.5. The van der Waals surface area contributed by atoms with E-state index in [0.29, 0.717) is 11.7 Å². The molecule has 2 heterocycles. The summed E-state index contributed by atoms with van der Waals surface area (Å²) in [6, 6.07) is 4.25. The summed E-state index contributed by atoms with van der Waals surface area (Å²) in [5.74, 6) is 0.877. The monoisotopic (exact) mass is 236 g/mol. The minimum Gasteiger partial charge on any atom is -0.390 e. The zero-order valence-corrected chi connectivity index (χ0v) is 10.5. The van der Waals surface area contributed by atoms with Crippen molar-refractivity contribution in [2.24, 2.45) is 0 Å². The normalized spacial score (nSPS) is 21.5. The first-order chi connectivity index (χ1) is 8.20. The van der Waals surface area contributed by atoms with Crippen LogP contribution >= 0.6 is 0 Å². The molecule has 17 heavy (non-hydrogen) atoms. The number of aliphatic hydroxyl groups excluding tert-OH is 1. The molecule has 0 spiro atoms. The first-order valence-corrected chi connectivity index (χ1v) is 6.05. The number of piperidine rings is 1. The molecule has 0 aromatic carbocycles. The molecule has 94 valence electrons. The molecule has 2 rings (SSSR count). The maximum Gasteiger partial charge on any atom is 0.151 e. The summed E-state index contributed by atoms with van der Waals surface area (Å²) >= 11 is 0. The molecule has 5 heteroatoms. The number of hydrogen-bond donors (Lipinski definition) is 1. The Balaban J connectivity index is 2.04. The number of likely N-dealkylation sites (N-methyl/N-ethyl adjacent to an activating group) is 2. The van der Waals surface area contributed by atoms with Crippen LogP contribution in [-0.2, 0) is 6.61 Å². The number of likely N-dealkylation sites (tertiary alicyclic amines) is 1. The molecule has 0 saturated carbocycles. The highest BCUT2D eigenvalue weighted by Gasteiger charge is 2.22. The van der Waals surface area contributed by atoms with Crippen LogP contribution in [-0.4, -0.2) is 53.4 Å². The van der Waals surface area contributed by atoms with Gasteiger partial charge in [0, 0.05) is 19.6 Å². The van der Waals surface area contributed by atoms with Crippen molar-refractivity contribution in [3.63, 3.8) is 0 Å².